The van der Waals surface area contributed by atoms with Gasteiger partial charge in [0.1, 0.15) is 5.52 Å². The summed E-state index contributed by atoms with van der Waals surface area (Å²) in [6.45, 7) is 3.72. The van der Waals surface area contributed by atoms with Crippen molar-refractivity contribution in [2.75, 3.05) is 20.1 Å². The topological polar surface area (TPSA) is 55.3 Å². The SMILES string of the molecule is CCCCN(C)C(CN)c1nc2ccccc2o1. The fraction of sp³-hybridized carbons (Fsp3) is 0.500. The van der Waals surface area contributed by atoms with E-state index in [1.165, 1.54) is 6.42 Å². The number of benzene rings is 1. The second-order valence-electron chi connectivity index (χ2n) is 4.61. The van der Waals surface area contributed by atoms with Crippen molar-refractivity contribution < 1.29 is 4.42 Å². The molecule has 2 aromatic rings. The van der Waals surface area contributed by atoms with Crippen LogP contribution in [0.4, 0.5) is 0 Å². The molecular weight excluding hydrogens is 226 g/mol. The van der Waals surface area contributed by atoms with E-state index >= 15 is 0 Å². The summed E-state index contributed by atoms with van der Waals surface area (Å²) < 4.78 is 5.79. The van der Waals surface area contributed by atoms with Crippen molar-refractivity contribution in [2.45, 2.75) is 25.8 Å². The Hall–Kier alpha value is -1.39. The van der Waals surface area contributed by atoms with E-state index in [1.54, 1.807) is 0 Å². The van der Waals surface area contributed by atoms with Crippen LogP contribution in [-0.4, -0.2) is 30.0 Å². The summed E-state index contributed by atoms with van der Waals surface area (Å²) in [5, 5.41) is 0. The maximum Gasteiger partial charge on any atom is 0.214 e. The molecule has 0 amide bonds. The largest absolute Gasteiger partial charge is 0.439 e. The zero-order chi connectivity index (χ0) is 13.0. The van der Waals surface area contributed by atoms with E-state index in [0.717, 1.165) is 30.0 Å². The van der Waals surface area contributed by atoms with Crippen molar-refractivity contribution in [3.05, 3.63) is 30.2 Å². The first-order valence-electron chi connectivity index (χ1n) is 6.52. The average Bonchev–Trinajstić information content (AvgIpc) is 2.80. The van der Waals surface area contributed by atoms with E-state index in [2.05, 4.69) is 23.9 Å². The Morgan fingerprint density at radius 3 is 2.83 bits per heavy atom. The standard InChI is InChI=1S/C14H21N3O/c1-3-4-9-17(2)12(10-15)14-16-11-7-5-6-8-13(11)18-14/h5-8,12H,3-4,9-10,15H2,1-2H3. The van der Waals surface area contributed by atoms with E-state index in [-0.39, 0.29) is 6.04 Å². The van der Waals surface area contributed by atoms with Crippen molar-refractivity contribution in [2.24, 2.45) is 5.73 Å². The van der Waals surface area contributed by atoms with Crippen LogP contribution in [0, 0.1) is 0 Å². The molecule has 4 heteroatoms. The van der Waals surface area contributed by atoms with E-state index < -0.39 is 0 Å². The van der Waals surface area contributed by atoms with Gasteiger partial charge in [-0.3, -0.25) is 4.90 Å². The predicted molar refractivity (Wildman–Crippen MR) is 73.3 cm³/mol. The number of hydrogen-bond donors (Lipinski definition) is 1. The van der Waals surface area contributed by atoms with Gasteiger partial charge in [0, 0.05) is 6.54 Å². The van der Waals surface area contributed by atoms with Crippen LogP contribution >= 0.6 is 0 Å². The smallest absolute Gasteiger partial charge is 0.214 e. The molecule has 0 aliphatic rings. The van der Waals surface area contributed by atoms with E-state index in [0.29, 0.717) is 6.54 Å². The van der Waals surface area contributed by atoms with Gasteiger partial charge >= 0.3 is 0 Å². The first kappa shape index (κ1) is 13.1. The van der Waals surface area contributed by atoms with Gasteiger partial charge in [0.2, 0.25) is 5.89 Å². The lowest BCUT2D eigenvalue weighted by molar-refractivity contribution is 0.214. The molecule has 2 rings (SSSR count). The van der Waals surface area contributed by atoms with Gasteiger partial charge in [0.15, 0.2) is 5.58 Å². The van der Waals surface area contributed by atoms with Crippen molar-refractivity contribution in [1.29, 1.82) is 0 Å². The molecule has 0 saturated carbocycles. The molecule has 0 spiro atoms. The summed E-state index contributed by atoms with van der Waals surface area (Å²) in [5.74, 6) is 0.720. The molecule has 1 atom stereocenters. The third-order valence-corrected chi connectivity index (χ3v) is 3.22. The highest BCUT2D eigenvalue weighted by Crippen LogP contribution is 2.23. The molecule has 18 heavy (non-hydrogen) atoms. The highest BCUT2D eigenvalue weighted by Gasteiger charge is 2.20. The predicted octanol–water partition coefficient (Wildman–Crippen LogP) is 2.56. The van der Waals surface area contributed by atoms with Crippen molar-refractivity contribution in [1.82, 2.24) is 9.88 Å². The molecule has 4 nitrogen and oxygen atoms in total. The van der Waals surface area contributed by atoms with Crippen molar-refractivity contribution in [3.8, 4) is 0 Å². The lowest BCUT2D eigenvalue weighted by Crippen LogP contribution is -2.31. The van der Waals surface area contributed by atoms with Crippen LogP contribution in [0.3, 0.4) is 0 Å². The number of unbranched alkanes of at least 4 members (excludes halogenated alkanes) is 1. The summed E-state index contributed by atoms with van der Waals surface area (Å²) in [5.41, 5.74) is 7.58. The molecule has 1 aromatic heterocycles. The summed E-state index contributed by atoms with van der Waals surface area (Å²) in [6.07, 6.45) is 2.34. The number of nitrogens with zero attached hydrogens (tertiary/aromatic N) is 2. The number of aromatic nitrogens is 1. The van der Waals surface area contributed by atoms with Gasteiger partial charge in [-0.2, -0.15) is 0 Å². The average molecular weight is 247 g/mol. The van der Waals surface area contributed by atoms with Crippen LogP contribution in [0.1, 0.15) is 31.7 Å². The van der Waals surface area contributed by atoms with Gasteiger partial charge in [-0.15, -0.1) is 0 Å². The lowest BCUT2D eigenvalue weighted by Gasteiger charge is -2.23. The molecule has 98 valence electrons. The maximum atomic E-state index is 5.86. The number of para-hydroxylation sites is 2. The second-order valence-corrected chi connectivity index (χ2v) is 4.61. The fourth-order valence-corrected chi connectivity index (χ4v) is 2.07. The minimum atomic E-state index is 0.0592. The van der Waals surface area contributed by atoms with E-state index in [9.17, 15) is 0 Å². The third-order valence-electron chi connectivity index (χ3n) is 3.22. The number of likely N-dealkylation sites (N-methyl/N-ethyl adjacent to an activating group) is 1. The molecule has 1 aromatic carbocycles. The van der Waals surface area contributed by atoms with E-state index in [4.69, 9.17) is 10.2 Å². The van der Waals surface area contributed by atoms with Gasteiger partial charge in [-0.1, -0.05) is 25.5 Å². The Morgan fingerprint density at radius 2 is 2.17 bits per heavy atom. The molecule has 0 aliphatic heterocycles. The van der Waals surface area contributed by atoms with Crippen molar-refractivity contribution in [3.63, 3.8) is 0 Å². The molecule has 0 bridgehead atoms. The van der Waals surface area contributed by atoms with Gasteiger partial charge < -0.3 is 10.2 Å². The third kappa shape index (κ3) is 2.71. The Labute approximate surface area is 108 Å². The zero-order valence-corrected chi connectivity index (χ0v) is 11.1. The van der Waals surface area contributed by atoms with Crippen LogP contribution in [0.25, 0.3) is 11.1 Å². The minimum Gasteiger partial charge on any atom is -0.439 e. The number of rotatable bonds is 6. The molecule has 0 radical (unpaired) electrons. The highest BCUT2D eigenvalue weighted by molar-refractivity contribution is 5.72. The number of hydrogen-bond acceptors (Lipinski definition) is 4. The van der Waals surface area contributed by atoms with Crippen LogP contribution in [0.15, 0.2) is 28.7 Å². The quantitative estimate of drug-likeness (QED) is 0.852. The van der Waals surface area contributed by atoms with Crippen LogP contribution in [0.5, 0.6) is 0 Å². The second kappa shape index (κ2) is 5.98. The van der Waals surface area contributed by atoms with Crippen LogP contribution in [0.2, 0.25) is 0 Å². The van der Waals surface area contributed by atoms with Gasteiger partial charge in [-0.25, -0.2) is 4.98 Å². The summed E-state index contributed by atoms with van der Waals surface area (Å²) in [4.78, 5) is 6.74. The first-order chi connectivity index (χ1) is 8.76. The normalized spacial score (nSPS) is 13.3. The Balaban J connectivity index is 2.20. The summed E-state index contributed by atoms with van der Waals surface area (Å²) in [7, 11) is 2.07. The van der Waals surface area contributed by atoms with Gasteiger partial charge in [-0.05, 0) is 32.1 Å². The molecular formula is C14H21N3O. The highest BCUT2D eigenvalue weighted by atomic mass is 16.3. The van der Waals surface area contributed by atoms with Gasteiger partial charge in [0.05, 0.1) is 6.04 Å². The van der Waals surface area contributed by atoms with Crippen molar-refractivity contribution >= 4 is 11.1 Å². The lowest BCUT2D eigenvalue weighted by atomic mass is 10.2. The number of nitrogens with two attached hydrogens (primary N) is 1. The maximum absolute atomic E-state index is 5.86. The Bertz CT molecular complexity index is 461. The first-order valence-corrected chi connectivity index (χ1v) is 6.52. The zero-order valence-electron chi connectivity index (χ0n) is 11.1. The summed E-state index contributed by atoms with van der Waals surface area (Å²) in [6, 6.07) is 7.87. The summed E-state index contributed by atoms with van der Waals surface area (Å²) >= 11 is 0. The number of fused-ring (bicyclic) bond motifs is 1. The Morgan fingerprint density at radius 1 is 1.39 bits per heavy atom. The molecule has 1 unspecified atom stereocenters. The molecule has 2 N–H and O–H groups in total. The van der Waals surface area contributed by atoms with Crippen LogP contribution in [-0.2, 0) is 0 Å². The molecule has 0 aliphatic carbocycles. The fourth-order valence-electron chi connectivity index (χ4n) is 2.07. The van der Waals surface area contributed by atoms with E-state index in [1.807, 2.05) is 24.3 Å². The van der Waals surface area contributed by atoms with Gasteiger partial charge in [0.25, 0.3) is 0 Å². The minimum absolute atomic E-state index is 0.0592. The number of oxazole rings is 1. The van der Waals surface area contributed by atoms with Crippen LogP contribution < -0.4 is 5.73 Å². The monoisotopic (exact) mass is 247 g/mol. The molecule has 0 fully saturated rings. The Kier molecular flexibility index (Phi) is 4.33. The molecule has 0 saturated heterocycles. The molecule has 1 heterocycles.